The molecule has 0 heterocycles. The highest BCUT2D eigenvalue weighted by molar-refractivity contribution is 7.92. The van der Waals surface area contributed by atoms with Gasteiger partial charge in [0.05, 0.1) is 4.90 Å². The first kappa shape index (κ1) is 12.3. The van der Waals surface area contributed by atoms with Crippen LogP contribution in [-0.2, 0) is 9.84 Å². The van der Waals surface area contributed by atoms with E-state index >= 15 is 0 Å². The number of hydrogen-bond donors (Lipinski definition) is 0. The maximum absolute atomic E-state index is 12.2. The van der Waals surface area contributed by atoms with Crippen LogP contribution in [0.2, 0.25) is 5.02 Å². The molecule has 0 atom stereocenters. The predicted molar refractivity (Wildman–Crippen MR) is 49.4 cm³/mol. The molecule has 1 rings (SSSR count). The van der Waals surface area contributed by atoms with Crippen LogP contribution in [-0.4, -0.2) is 13.9 Å². The molecule has 0 aromatic heterocycles. The Balaban J connectivity index is 3.41. The molecule has 0 bridgehead atoms. The summed E-state index contributed by atoms with van der Waals surface area (Å²) >= 11 is 5.47. The van der Waals surface area contributed by atoms with Gasteiger partial charge in [-0.2, -0.15) is 13.2 Å². The highest BCUT2D eigenvalue weighted by Gasteiger charge is 2.46. The van der Waals surface area contributed by atoms with Gasteiger partial charge in [0, 0.05) is 5.02 Å². The molecule has 0 aliphatic rings. The SMILES string of the molecule is Cc1cc(Cl)cc(S(=O)(=O)C(F)(F)F)c1. The maximum atomic E-state index is 12.2. The van der Waals surface area contributed by atoms with Crippen LogP contribution in [0.5, 0.6) is 0 Å². The topological polar surface area (TPSA) is 34.1 Å². The van der Waals surface area contributed by atoms with E-state index in [4.69, 9.17) is 11.6 Å². The summed E-state index contributed by atoms with van der Waals surface area (Å²) in [5, 5.41) is -0.0437. The number of benzene rings is 1. The first-order valence-electron chi connectivity index (χ1n) is 3.73. The van der Waals surface area contributed by atoms with Crippen molar-refractivity contribution in [1.82, 2.24) is 0 Å². The van der Waals surface area contributed by atoms with Crippen LogP contribution in [0, 0.1) is 6.92 Å². The second kappa shape index (κ2) is 3.68. The Labute approximate surface area is 89.6 Å². The first-order valence-corrected chi connectivity index (χ1v) is 5.59. The van der Waals surface area contributed by atoms with Crippen molar-refractivity contribution in [3.05, 3.63) is 28.8 Å². The van der Waals surface area contributed by atoms with Crippen LogP contribution < -0.4 is 0 Å². The van der Waals surface area contributed by atoms with Gasteiger partial charge in [-0.25, -0.2) is 8.42 Å². The molecule has 0 radical (unpaired) electrons. The fourth-order valence-electron chi connectivity index (χ4n) is 0.992. The van der Waals surface area contributed by atoms with Gasteiger partial charge in [-0.1, -0.05) is 11.6 Å². The third-order valence-electron chi connectivity index (χ3n) is 1.63. The van der Waals surface area contributed by atoms with Gasteiger partial charge in [0.1, 0.15) is 0 Å². The number of hydrogen-bond acceptors (Lipinski definition) is 2. The standard InChI is InChI=1S/C8H6ClF3O2S/c1-5-2-6(9)4-7(3-5)15(13,14)8(10,11)12/h2-4H,1H3. The second-order valence-corrected chi connectivity index (χ2v) is 5.29. The summed E-state index contributed by atoms with van der Waals surface area (Å²) in [7, 11) is -5.31. The molecule has 0 fully saturated rings. The number of halogens is 4. The van der Waals surface area contributed by atoms with Gasteiger partial charge in [-0.05, 0) is 30.7 Å². The maximum Gasteiger partial charge on any atom is 0.501 e. The number of rotatable bonds is 1. The van der Waals surface area contributed by atoms with Crippen LogP contribution in [0.4, 0.5) is 13.2 Å². The molecule has 15 heavy (non-hydrogen) atoms. The number of aryl methyl sites for hydroxylation is 1. The molecular formula is C8H6ClF3O2S. The molecule has 0 N–H and O–H groups in total. The Morgan fingerprint density at radius 2 is 1.73 bits per heavy atom. The molecular weight excluding hydrogens is 253 g/mol. The Hall–Kier alpha value is -0.750. The van der Waals surface area contributed by atoms with Gasteiger partial charge < -0.3 is 0 Å². The molecule has 7 heteroatoms. The molecule has 0 saturated carbocycles. The Kier molecular flexibility index (Phi) is 3.02. The van der Waals surface area contributed by atoms with Crippen molar-refractivity contribution in [2.24, 2.45) is 0 Å². The molecule has 1 aromatic carbocycles. The summed E-state index contributed by atoms with van der Waals surface area (Å²) < 4.78 is 58.4. The first-order chi connectivity index (χ1) is 6.64. The second-order valence-electron chi connectivity index (χ2n) is 2.91. The third-order valence-corrected chi connectivity index (χ3v) is 3.31. The molecule has 0 aliphatic heterocycles. The van der Waals surface area contributed by atoms with Gasteiger partial charge >= 0.3 is 5.51 Å². The Bertz CT molecular complexity index is 459. The average molecular weight is 259 g/mol. The summed E-state index contributed by atoms with van der Waals surface area (Å²) in [4.78, 5) is -0.833. The molecule has 0 amide bonds. The predicted octanol–water partition coefficient (Wildman–Crippen LogP) is 2.94. The fraction of sp³-hybridized carbons (Fsp3) is 0.250. The van der Waals surface area contributed by atoms with Crippen molar-refractivity contribution in [2.75, 3.05) is 0 Å². The van der Waals surface area contributed by atoms with E-state index in [9.17, 15) is 21.6 Å². The van der Waals surface area contributed by atoms with Gasteiger partial charge in [0.15, 0.2) is 0 Å². The van der Waals surface area contributed by atoms with E-state index in [-0.39, 0.29) is 5.02 Å². The molecule has 0 saturated heterocycles. The lowest BCUT2D eigenvalue weighted by Crippen LogP contribution is -2.23. The fourth-order valence-corrected chi connectivity index (χ4v) is 2.24. The molecule has 0 spiro atoms. The average Bonchev–Trinajstić information content (AvgIpc) is 1.99. The van der Waals surface area contributed by atoms with Gasteiger partial charge in [0.25, 0.3) is 9.84 Å². The van der Waals surface area contributed by atoms with Crippen LogP contribution >= 0.6 is 11.6 Å². The van der Waals surface area contributed by atoms with Crippen LogP contribution in [0.3, 0.4) is 0 Å². The van der Waals surface area contributed by atoms with Crippen molar-refractivity contribution in [1.29, 1.82) is 0 Å². The van der Waals surface area contributed by atoms with Crippen molar-refractivity contribution < 1.29 is 21.6 Å². The van der Waals surface area contributed by atoms with Gasteiger partial charge in [0.2, 0.25) is 0 Å². The highest BCUT2D eigenvalue weighted by atomic mass is 35.5. The van der Waals surface area contributed by atoms with Crippen molar-refractivity contribution >= 4 is 21.4 Å². The molecule has 0 aliphatic carbocycles. The summed E-state index contributed by atoms with van der Waals surface area (Å²) in [6.45, 7) is 1.46. The smallest absolute Gasteiger partial charge is 0.214 e. The van der Waals surface area contributed by atoms with E-state index in [1.807, 2.05) is 0 Å². The highest BCUT2D eigenvalue weighted by Crippen LogP contribution is 2.31. The van der Waals surface area contributed by atoms with Gasteiger partial charge in [-0.3, -0.25) is 0 Å². The molecule has 84 valence electrons. The Morgan fingerprint density at radius 1 is 1.20 bits per heavy atom. The van der Waals surface area contributed by atoms with Crippen molar-refractivity contribution in [3.8, 4) is 0 Å². The monoisotopic (exact) mass is 258 g/mol. The minimum atomic E-state index is -5.31. The lowest BCUT2D eigenvalue weighted by Gasteiger charge is -2.08. The zero-order valence-electron chi connectivity index (χ0n) is 7.47. The lowest BCUT2D eigenvalue weighted by atomic mass is 10.2. The summed E-state index contributed by atoms with van der Waals surface area (Å²) in [6.07, 6.45) is 0. The largest absolute Gasteiger partial charge is 0.501 e. The number of alkyl halides is 3. The van der Waals surface area contributed by atoms with Crippen LogP contribution in [0.25, 0.3) is 0 Å². The van der Waals surface area contributed by atoms with E-state index in [1.54, 1.807) is 0 Å². The van der Waals surface area contributed by atoms with E-state index in [0.717, 1.165) is 12.1 Å². The number of sulfone groups is 1. The summed E-state index contributed by atoms with van der Waals surface area (Å²) in [5.41, 5.74) is -4.95. The van der Waals surface area contributed by atoms with E-state index in [1.165, 1.54) is 13.0 Å². The van der Waals surface area contributed by atoms with Crippen LogP contribution in [0.1, 0.15) is 5.56 Å². The Morgan fingerprint density at radius 3 is 2.13 bits per heavy atom. The summed E-state index contributed by atoms with van der Waals surface area (Å²) in [6, 6.07) is 3.07. The third kappa shape index (κ3) is 2.43. The minimum Gasteiger partial charge on any atom is -0.214 e. The van der Waals surface area contributed by atoms with Gasteiger partial charge in [-0.15, -0.1) is 0 Å². The quantitative estimate of drug-likeness (QED) is 0.776. The normalized spacial score (nSPS) is 12.9. The van der Waals surface area contributed by atoms with E-state index in [2.05, 4.69) is 0 Å². The van der Waals surface area contributed by atoms with Crippen molar-refractivity contribution in [3.63, 3.8) is 0 Å². The molecule has 2 nitrogen and oxygen atoms in total. The minimum absolute atomic E-state index is 0.0437. The molecule has 0 unspecified atom stereocenters. The van der Waals surface area contributed by atoms with E-state index in [0.29, 0.717) is 5.56 Å². The lowest BCUT2D eigenvalue weighted by molar-refractivity contribution is -0.0436. The van der Waals surface area contributed by atoms with E-state index < -0.39 is 20.2 Å². The van der Waals surface area contributed by atoms with Crippen LogP contribution in [0.15, 0.2) is 23.1 Å². The zero-order valence-corrected chi connectivity index (χ0v) is 9.04. The zero-order chi connectivity index (χ0) is 11.9. The van der Waals surface area contributed by atoms with Crippen molar-refractivity contribution in [2.45, 2.75) is 17.3 Å². The summed E-state index contributed by atoms with van der Waals surface area (Å²) in [5.74, 6) is 0. The molecule has 1 aromatic rings.